The van der Waals surface area contributed by atoms with E-state index in [0.29, 0.717) is 17.3 Å². The molecule has 0 aromatic heterocycles. The average Bonchev–Trinajstić information content (AvgIpc) is 2.80. The van der Waals surface area contributed by atoms with Gasteiger partial charge in [-0.05, 0) is 37.0 Å². The number of benzene rings is 1. The molecule has 2 nitrogen and oxygen atoms in total. The minimum absolute atomic E-state index is 0.00277. The van der Waals surface area contributed by atoms with Crippen LogP contribution >= 0.6 is 0 Å². The van der Waals surface area contributed by atoms with Crippen molar-refractivity contribution >= 4 is 11.4 Å². The summed E-state index contributed by atoms with van der Waals surface area (Å²) < 4.78 is 25.6. The van der Waals surface area contributed by atoms with Crippen molar-refractivity contribution in [2.75, 3.05) is 17.6 Å². The first-order valence-corrected chi connectivity index (χ1v) is 6.08. The summed E-state index contributed by atoms with van der Waals surface area (Å²) in [5, 5.41) is 3.13. The van der Waals surface area contributed by atoms with Crippen molar-refractivity contribution in [3.63, 3.8) is 0 Å². The van der Waals surface area contributed by atoms with Gasteiger partial charge < -0.3 is 11.1 Å². The van der Waals surface area contributed by atoms with Crippen LogP contribution in [0.4, 0.5) is 20.2 Å². The highest BCUT2D eigenvalue weighted by Crippen LogP contribution is 2.30. The lowest BCUT2D eigenvalue weighted by Gasteiger charge is -2.15. The molecule has 1 fully saturated rings. The predicted molar refractivity (Wildman–Crippen MR) is 66.3 cm³/mol. The first-order chi connectivity index (χ1) is 8.16. The third-order valence-corrected chi connectivity index (χ3v) is 3.37. The highest BCUT2D eigenvalue weighted by atomic mass is 19.3. The van der Waals surface area contributed by atoms with Crippen LogP contribution in [-0.2, 0) is 0 Å². The topological polar surface area (TPSA) is 38.0 Å². The quantitative estimate of drug-likeness (QED) is 0.785. The molecule has 0 unspecified atom stereocenters. The summed E-state index contributed by atoms with van der Waals surface area (Å²) >= 11 is 0. The van der Waals surface area contributed by atoms with Gasteiger partial charge in [0.2, 0.25) is 0 Å². The maximum absolute atomic E-state index is 12.8. The van der Waals surface area contributed by atoms with E-state index in [1.54, 1.807) is 12.1 Å². The number of halogens is 2. The summed E-state index contributed by atoms with van der Waals surface area (Å²) in [6, 6.07) is 4.65. The fraction of sp³-hybridized carbons (Fsp3) is 0.538. The Kier molecular flexibility index (Phi) is 3.82. The third-order valence-electron chi connectivity index (χ3n) is 3.37. The molecule has 2 rings (SSSR count). The molecule has 1 aliphatic rings. The van der Waals surface area contributed by atoms with E-state index in [1.165, 1.54) is 31.7 Å². The molecular weight excluding hydrogens is 222 g/mol. The van der Waals surface area contributed by atoms with Crippen LogP contribution in [0, 0.1) is 5.92 Å². The van der Waals surface area contributed by atoms with Gasteiger partial charge in [0, 0.05) is 23.5 Å². The fourth-order valence-electron chi connectivity index (χ4n) is 2.39. The van der Waals surface area contributed by atoms with Gasteiger partial charge in [0.05, 0.1) is 0 Å². The van der Waals surface area contributed by atoms with Crippen LogP contribution in [0.3, 0.4) is 0 Å². The molecule has 0 radical (unpaired) electrons. The van der Waals surface area contributed by atoms with Crippen molar-refractivity contribution in [2.45, 2.75) is 32.1 Å². The largest absolute Gasteiger partial charge is 0.399 e. The highest BCUT2D eigenvalue weighted by Gasteiger charge is 2.17. The molecule has 1 aromatic rings. The summed E-state index contributed by atoms with van der Waals surface area (Å²) in [5.41, 5.74) is 6.42. The van der Waals surface area contributed by atoms with Gasteiger partial charge in [0.25, 0.3) is 6.43 Å². The zero-order valence-electron chi connectivity index (χ0n) is 9.76. The number of nitrogens with two attached hydrogens (primary N) is 1. The number of rotatable bonds is 4. The van der Waals surface area contributed by atoms with E-state index in [9.17, 15) is 8.78 Å². The Morgan fingerprint density at radius 2 is 2.00 bits per heavy atom. The summed E-state index contributed by atoms with van der Waals surface area (Å²) in [6.45, 7) is 0.781. The average molecular weight is 240 g/mol. The number of hydrogen-bond donors (Lipinski definition) is 2. The van der Waals surface area contributed by atoms with Crippen LogP contribution in [0.1, 0.15) is 37.7 Å². The Balaban J connectivity index is 2.03. The van der Waals surface area contributed by atoms with Gasteiger partial charge in [-0.25, -0.2) is 8.78 Å². The van der Waals surface area contributed by atoms with Gasteiger partial charge in [-0.15, -0.1) is 0 Å². The van der Waals surface area contributed by atoms with Gasteiger partial charge in [-0.1, -0.05) is 12.8 Å². The normalized spacial score (nSPS) is 16.6. The molecule has 1 saturated carbocycles. The Bertz CT molecular complexity index is 374. The second kappa shape index (κ2) is 5.34. The zero-order chi connectivity index (χ0) is 12.3. The standard InChI is InChI=1S/C13H18F2N2/c14-13(15)11-7-10(16)5-6-12(11)17-8-9-3-1-2-4-9/h5-7,9,13,17H,1-4,8,16H2. The SMILES string of the molecule is Nc1ccc(NCC2CCCC2)c(C(F)F)c1. The number of nitrogen functional groups attached to an aromatic ring is 1. The highest BCUT2D eigenvalue weighted by molar-refractivity contribution is 5.58. The van der Waals surface area contributed by atoms with Gasteiger partial charge in [0.1, 0.15) is 0 Å². The summed E-state index contributed by atoms with van der Waals surface area (Å²) in [4.78, 5) is 0. The van der Waals surface area contributed by atoms with Crippen molar-refractivity contribution in [3.8, 4) is 0 Å². The van der Waals surface area contributed by atoms with Gasteiger partial charge in [-0.3, -0.25) is 0 Å². The Morgan fingerprint density at radius 1 is 1.29 bits per heavy atom. The molecule has 1 aliphatic carbocycles. The Labute approximate surface area is 100 Å². The van der Waals surface area contributed by atoms with Crippen LogP contribution in [0.5, 0.6) is 0 Å². The van der Waals surface area contributed by atoms with Gasteiger partial charge in [0.15, 0.2) is 0 Å². The first kappa shape index (κ1) is 12.1. The number of anilines is 2. The molecule has 1 aromatic carbocycles. The van der Waals surface area contributed by atoms with Gasteiger partial charge in [-0.2, -0.15) is 0 Å². The molecular formula is C13H18F2N2. The third kappa shape index (κ3) is 3.08. The lowest BCUT2D eigenvalue weighted by molar-refractivity contribution is 0.152. The van der Waals surface area contributed by atoms with Crippen LogP contribution < -0.4 is 11.1 Å². The summed E-state index contributed by atoms with van der Waals surface area (Å²) in [7, 11) is 0. The lowest BCUT2D eigenvalue weighted by atomic mass is 10.1. The van der Waals surface area contributed by atoms with Crippen molar-refractivity contribution in [2.24, 2.45) is 5.92 Å². The van der Waals surface area contributed by atoms with Crippen LogP contribution in [-0.4, -0.2) is 6.54 Å². The van der Waals surface area contributed by atoms with E-state index in [2.05, 4.69) is 5.32 Å². The van der Waals surface area contributed by atoms with Crippen molar-refractivity contribution < 1.29 is 8.78 Å². The molecule has 3 N–H and O–H groups in total. The Hall–Kier alpha value is -1.32. The monoisotopic (exact) mass is 240 g/mol. The van der Waals surface area contributed by atoms with E-state index >= 15 is 0 Å². The van der Waals surface area contributed by atoms with Crippen LogP contribution in [0.15, 0.2) is 18.2 Å². The fourth-order valence-corrected chi connectivity index (χ4v) is 2.39. The van der Waals surface area contributed by atoms with Crippen molar-refractivity contribution in [3.05, 3.63) is 23.8 Å². The molecule has 0 bridgehead atoms. The van der Waals surface area contributed by atoms with Crippen LogP contribution in [0.2, 0.25) is 0 Å². The maximum Gasteiger partial charge on any atom is 0.265 e. The summed E-state index contributed by atoms with van der Waals surface area (Å²) in [5.74, 6) is 0.623. The second-order valence-electron chi connectivity index (χ2n) is 4.68. The minimum atomic E-state index is -2.48. The van der Waals surface area contributed by atoms with E-state index in [4.69, 9.17) is 5.73 Å². The molecule has 94 valence electrons. The zero-order valence-corrected chi connectivity index (χ0v) is 9.76. The number of nitrogens with one attached hydrogen (secondary N) is 1. The molecule has 0 amide bonds. The summed E-state index contributed by atoms with van der Waals surface area (Å²) in [6.07, 6.45) is 2.44. The lowest BCUT2D eigenvalue weighted by Crippen LogP contribution is -2.12. The molecule has 0 heterocycles. The van der Waals surface area contributed by atoms with E-state index < -0.39 is 6.43 Å². The number of hydrogen-bond acceptors (Lipinski definition) is 2. The molecule has 0 aliphatic heterocycles. The smallest absolute Gasteiger partial charge is 0.265 e. The van der Waals surface area contributed by atoms with Crippen LogP contribution in [0.25, 0.3) is 0 Å². The maximum atomic E-state index is 12.8. The van der Waals surface area contributed by atoms with E-state index in [-0.39, 0.29) is 5.56 Å². The molecule has 0 spiro atoms. The molecule has 17 heavy (non-hydrogen) atoms. The Morgan fingerprint density at radius 3 is 2.65 bits per heavy atom. The molecule has 0 atom stereocenters. The number of alkyl halides is 2. The van der Waals surface area contributed by atoms with Crippen molar-refractivity contribution in [1.29, 1.82) is 0 Å². The predicted octanol–water partition coefficient (Wildman–Crippen LogP) is 3.81. The first-order valence-electron chi connectivity index (χ1n) is 6.08. The minimum Gasteiger partial charge on any atom is -0.399 e. The van der Waals surface area contributed by atoms with Crippen molar-refractivity contribution in [1.82, 2.24) is 0 Å². The van der Waals surface area contributed by atoms with Gasteiger partial charge >= 0.3 is 0 Å². The van der Waals surface area contributed by atoms with E-state index in [1.807, 2.05) is 0 Å². The molecule has 4 heteroatoms. The second-order valence-corrected chi connectivity index (χ2v) is 4.68. The molecule has 0 saturated heterocycles. The van der Waals surface area contributed by atoms with E-state index in [0.717, 1.165) is 6.54 Å².